The van der Waals surface area contributed by atoms with E-state index in [0.717, 1.165) is 12.8 Å². The van der Waals surface area contributed by atoms with Gasteiger partial charge in [0.25, 0.3) is 17.7 Å². The summed E-state index contributed by atoms with van der Waals surface area (Å²) < 4.78 is 4.35. The molecule has 0 spiro atoms. The van der Waals surface area contributed by atoms with Gasteiger partial charge in [0.15, 0.2) is 17.1 Å². The monoisotopic (exact) mass is 1490 g/mol. The average Bonchev–Trinajstić information content (AvgIpc) is 1.68. The van der Waals surface area contributed by atoms with E-state index in [1.54, 1.807) is 132 Å². The maximum absolute atomic E-state index is 13.2. The molecule has 3 aliphatic heterocycles. The highest BCUT2D eigenvalue weighted by molar-refractivity contribution is 14.1. The average molecular weight is 1490 g/mol. The SMILES string of the molecule is CI.CN1CCN(C(=O)Cn2nc(C(N)=O)c3ccccc32)[C@H](C(=O)Nc2cccc(Cl)n2)C1.CN1CCN(C(=O)Cn2nc(C(N)=O)c3ccccc32)[C@H](C(=O)Nc2cccc(Cl)n2)C1.NC(=O)c1nn(CC(=O)N2CCCC[C@H]2C(=O)Nc2cccc(Cl)n2)c2ccccc12. The number of nitrogens with zero attached hydrogens (tertiary/aromatic N) is 14. The fourth-order valence-electron chi connectivity index (χ4n) is 11.4. The topological polar surface area (TPSA) is 376 Å². The van der Waals surface area contributed by atoms with Gasteiger partial charge in [0, 0.05) is 62.0 Å². The molecule has 3 aliphatic rings. The predicted octanol–water partition coefficient (Wildman–Crippen LogP) is 5.18. The first-order valence-corrected chi connectivity index (χ1v) is 33.6. The molecule has 97 heavy (non-hydrogen) atoms. The lowest BCUT2D eigenvalue weighted by molar-refractivity contribution is -0.142. The number of carbonyl (C=O) groups excluding carboxylic acids is 9. The van der Waals surface area contributed by atoms with Gasteiger partial charge in [-0.25, -0.2) is 15.0 Å². The highest BCUT2D eigenvalue weighted by Gasteiger charge is 2.38. The number of alkyl halides is 1. The zero-order valence-electron chi connectivity index (χ0n) is 52.7. The summed E-state index contributed by atoms with van der Waals surface area (Å²) in [7, 11) is 3.78. The van der Waals surface area contributed by atoms with Crippen molar-refractivity contribution in [3.63, 3.8) is 0 Å². The van der Waals surface area contributed by atoms with Gasteiger partial charge in [-0.05, 0) is 92.9 Å². The first-order chi connectivity index (χ1) is 46.6. The molecule has 0 aliphatic carbocycles. The van der Waals surface area contributed by atoms with Gasteiger partial charge >= 0.3 is 0 Å². The number of para-hydroxylation sites is 3. The Morgan fingerprint density at radius 1 is 0.423 bits per heavy atom. The van der Waals surface area contributed by atoms with Crippen LogP contribution in [0.4, 0.5) is 17.5 Å². The summed E-state index contributed by atoms with van der Waals surface area (Å²) in [6, 6.07) is 33.9. The van der Waals surface area contributed by atoms with E-state index in [9.17, 15) is 43.2 Å². The number of piperidine rings is 1. The molecule has 9 N–H and O–H groups in total. The number of nitrogens with one attached hydrogen (secondary N) is 3. The number of benzene rings is 3. The number of amides is 9. The molecule has 3 fully saturated rings. The van der Waals surface area contributed by atoms with Crippen molar-refractivity contribution in [2.75, 3.05) is 80.8 Å². The summed E-state index contributed by atoms with van der Waals surface area (Å²) in [6.07, 6.45) is 2.18. The van der Waals surface area contributed by atoms with Gasteiger partial charge in [0.05, 0.1) is 16.6 Å². The van der Waals surface area contributed by atoms with Crippen LogP contribution in [0.3, 0.4) is 0 Å². The Kier molecular flexibility index (Phi) is 24.2. The van der Waals surface area contributed by atoms with Crippen LogP contribution in [0.2, 0.25) is 15.5 Å². The van der Waals surface area contributed by atoms with E-state index in [1.165, 1.54) is 23.8 Å². The highest BCUT2D eigenvalue weighted by atomic mass is 127. The van der Waals surface area contributed by atoms with Crippen LogP contribution < -0.4 is 33.2 Å². The number of fused-ring (bicyclic) bond motifs is 3. The molecule has 3 aromatic carbocycles. The number of pyridine rings is 3. The quantitative estimate of drug-likeness (QED) is 0.0437. The summed E-state index contributed by atoms with van der Waals surface area (Å²) in [6.45, 7) is 2.82. The number of hydrogen-bond acceptors (Lipinski definition) is 17. The van der Waals surface area contributed by atoms with Crippen molar-refractivity contribution >= 4 is 161 Å². The Morgan fingerprint density at radius 3 is 1.05 bits per heavy atom. The molecule has 9 aromatic rings. The van der Waals surface area contributed by atoms with Crippen molar-refractivity contribution < 1.29 is 43.2 Å². The number of piperazine rings is 2. The minimum absolute atomic E-state index is 0.104. The number of hydrogen-bond donors (Lipinski definition) is 6. The third kappa shape index (κ3) is 17.7. The lowest BCUT2D eigenvalue weighted by Gasteiger charge is -2.39. The third-order valence-corrected chi connectivity index (χ3v) is 16.6. The van der Waals surface area contributed by atoms with Crippen molar-refractivity contribution in [3.8, 4) is 0 Å². The molecule has 0 saturated carbocycles. The number of rotatable bonds is 15. The second-order valence-corrected chi connectivity index (χ2v) is 23.7. The largest absolute Gasteiger partial charge is 0.364 e. The molecule has 0 radical (unpaired) electrons. The number of anilines is 3. The smallest absolute Gasteiger partial charge is 0.269 e. The second-order valence-electron chi connectivity index (χ2n) is 22.5. The predicted molar refractivity (Wildman–Crippen MR) is 374 cm³/mol. The van der Waals surface area contributed by atoms with Crippen molar-refractivity contribution in [1.82, 2.24) is 68.8 Å². The number of carbonyl (C=O) groups is 9. The Bertz CT molecular complexity index is 4250. The molecular weight excluding hydrogens is 1430 g/mol. The fourth-order valence-corrected chi connectivity index (χ4v) is 11.9. The fraction of sp³-hybridized carbons (Fsp3) is 0.297. The number of likely N-dealkylation sites (tertiary alicyclic amines) is 1. The lowest BCUT2D eigenvalue weighted by atomic mass is 10.0. The molecule has 6 aromatic heterocycles. The zero-order chi connectivity index (χ0) is 69.6. The third-order valence-electron chi connectivity index (χ3n) is 16.0. The van der Waals surface area contributed by atoms with Crippen LogP contribution in [0.15, 0.2) is 127 Å². The van der Waals surface area contributed by atoms with E-state index >= 15 is 0 Å². The van der Waals surface area contributed by atoms with Gasteiger partial charge in [0.2, 0.25) is 35.4 Å². The van der Waals surface area contributed by atoms with E-state index < -0.39 is 35.8 Å². The minimum atomic E-state index is -0.723. The Labute approximate surface area is 584 Å². The van der Waals surface area contributed by atoms with Crippen molar-refractivity contribution in [3.05, 3.63) is 160 Å². The first-order valence-electron chi connectivity index (χ1n) is 30.3. The van der Waals surface area contributed by atoms with Crippen LogP contribution in [0, 0.1) is 0 Å². The number of likely N-dealkylation sites (N-methyl/N-ethyl adjacent to an activating group) is 2. The van der Waals surface area contributed by atoms with Gasteiger partial charge in [0.1, 0.15) is 70.7 Å². The van der Waals surface area contributed by atoms with E-state index in [4.69, 9.17) is 52.0 Å². The Balaban J connectivity index is 0.000000168. The van der Waals surface area contributed by atoms with Crippen molar-refractivity contribution in [2.24, 2.45) is 17.2 Å². The standard InChI is InChI=1S/2C21H22ClN7O3.C21H21ClN6O3.CH3I/c2*1-27-9-10-28(15(11-27)21(32)25-17-8-4-7-16(22)24-17)18(30)12-29-14-6-3-2-5-13(14)19(26-29)20(23)31;22-16-9-5-10-17(24-16)25-21(31)15-8-3-4-11-27(15)18(29)12-28-14-7-2-1-6-13(14)19(26-28)20(23)30;1-2/h2*2-8,15H,9-12H2,1H3,(H2,23,31)(H,24,25,32);1-2,5-7,9-10,15H,3-4,8,11-12H2,(H2,23,30)(H,24,25,31);1H3/t3*15-;/m000./s1. The molecule has 9 heterocycles. The van der Waals surface area contributed by atoms with E-state index in [-0.39, 0.29) is 87.6 Å². The summed E-state index contributed by atoms with van der Waals surface area (Å²) >= 11 is 19.8. The van der Waals surface area contributed by atoms with Gasteiger partial charge in [-0.15, -0.1) is 0 Å². The number of nitrogens with two attached hydrogens (primary N) is 3. The van der Waals surface area contributed by atoms with Gasteiger partial charge in [-0.1, -0.05) is 130 Å². The van der Waals surface area contributed by atoms with E-state index in [1.807, 2.05) is 28.8 Å². The first kappa shape index (κ1) is 71.6. The molecule has 3 saturated heterocycles. The number of primary amides is 3. The number of halogens is 4. The molecular formula is C64H68Cl3IN20O9. The highest BCUT2D eigenvalue weighted by Crippen LogP contribution is 2.25. The number of aromatic nitrogens is 9. The summed E-state index contributed by atoms with van der Waals surface area (Å²) in [5.74, 6) is -2.91. The van der Waals surface area contributed by atoms with Crippen LogP contribution in [-0.2, 0) is 48.4 Å². The van der Waals surface area contributed by atoms with Gasteiger partial charge in [-0.3, -0.25) is 57.2 Å². The molecule has 29 nitrogen and oxygen atoms in total. The molecule has 33 heteroatoms. The van der Waals surface area contributed by atoms with E-state index in [2.05, 4.69) is 68.8 Å². The van der Waals surface area contributed by atoms with Crippen LogP contribution >= 0.6 is 57.4 Å². The maximum Gasteiger partial charge on any atom is 0.269 e. The summed E-state index contributed by atoms with van der Waals surface area (Å²) in [5, 5.41) is 23.5. The zero-order valence-corrected chi connectivity index (χ0v) is 57.2. The summed E-state index contributed by atoms with van der Waals surface area (Å²) in [5.41, 5.74) is 18.5. The molecule has 3 atom stereocenters. The second kappa shape index (κ2) is 32.8. The molecule has 9 amide bonds. The Morgan fingerprint density at radius 2 is 0.732 bits per heavy atom. The van der Waals surface area contributed by atoms with Crippen LogP contribution in [0.1, 0.15) is 50.7 Å². The van der Waals surface area contributed by atoms with Crippen molar-refractivity contribution in [2.45, 2.75) is 57.0 Å². The van der Waals surface area contributed by atoms with Gasteiger partial charge < -0.3 is 57.7 Å². The maximum atomic E-state index is 13.2. The van der Waals surface area contributed by atoms with Gasteiger partial charge in [-0.2, -0.15) is 15.3 Å². The minimum Gasteiger partial charge on any atom is -0.364 e. The van der Waals surface area contributed by atoms with Crippen LogP contribution in [0.5, 0.6) is 0 Å². The molecule has 12 rings (SSSR count). The summed E-state index contributed by atoms with van der Waals surface area (Å²) in [4.78, 5) is 137. The Hall–Kier alpha value is -9.73. The lowest BCUT2D eigenvalue weighted by Crippen LogP contribution is -2.59. The van der Waals surface area contributed by atoms with Crippen LogP contribution in [-0.4, -0.2) is 205 Å². The molecule has 506 valence electrons. The molecule has 0 unspecified atom stereocenters. The normalized spacial score (nSPS) is 16.4. The molecule has 0 bridgehead atoms. The van der Waals surface area contributed by atoms with Crippen LogP contribution in [0.25, 0.3) is 32.7 Å². The van der Waals surface area contributed by atoms with Crippen molar-refractivity contribution in [1.29, 1.82) is 0 Å². The van der Waals surface area contributed by atoms with E-state index in [0.29, 0.717) is 102 Å².